The molecule has 14 heavy (non-hydrogen) atoms. The molecule has 0 aromatic heterocycles. The average molecular weight is 211 g/mol. The fourth-order valence-corrected chi connectivity index (χ4v) is 1.59. The first kappa shape index (κ1) is 11.3. The Morgan fingerprint density at radius 3 is 2.71 bits per heavy atom. The Bertz CT molecular complexity index is 217. The summed E-state index contributed by atoms with van der Waals surface area (Å²) in [5.74, 6) is -0.822. The van der Waals surface area contributed by atoms with Crippen LogP contribution in [0.1, 0.15) is 6.42 Å². The highest BCUT2D eigenvalue weighted by Crippen LogP contribution is 2.23. The number of hydrogen-bond acceptors (Lipinski definition) is 3. The molecule has 1 fully saturated rings. The number of carbonyl (C=O) groups is 1. The van der Waals surface area contributed by atoms with Gasteiger partial charge in [0.2, 0.25) is 0 Å². The van der Waals surface area contributed by atoms with E-state index in [4.69, 9.17) is 0 Å². The van der Waals surface area contributed by atoms with Crippen LogP contribution in [-0.2, 0) is 9.53 Å². The van der Waals surface area contributed by atoms with Crippen LogP contribution in [0.2, 0.25) is 0 Å². The Kier molecular flexibility index (Phi) is 3.36. The van der Waals surface area contributed by atoms with Crippen molar-refractivity contribution in [1.29, 1.82) is 0 Å². The van der Waals surface area contributed by atoms with E-state index in [0.717, 1.165) is 0 Å². The van der Waals surface area contributed by atoms with Gasteiger partial charge >= 0.3 is 12.1 Å². The average Bonchev–Trinajstić information content (AvgIpc) is 2.48. The van der Waals surface area contributed by atoms with Crippen molar-refractivity contribution in [2.75, 3.05) is 26.7 Å². The summed E-state index contributed by atoms with van der Waals surface area (Å²) in [6.45, 7) is -0.494. The number of carbonyl (C=O) groups excluding carboxylic acids is 1. The molecule has 3 nitrogen and oxygen atoms in total. The summed E-state index contributed by atoms with van der Waals surface area (Å²) >= 11 is 0. The monoisotopic (exact) mass is 211 g/mol. The van der Waals surface area contributed by atoms with E-state index in [1.54, 1.807) is 0 Å². The van der Waals surface area contributed by atoms with Crippen LogP contribution in [0.25, 0.3) is 0 Å². The lowest BCUT2D eigenvalue weighted by atomic mass is 10.1. The normalized spacial score (nSPS) is 23.9. The van der Waals surface area contributed by atoms with Gasteiger partial charge < -0.3 is 4.74 Å². The molecule has 0 saturated carbocycles. The molecule has 1 aliphatic heterocycles. The minimum Gasteiger partial charge on any atom is -0.469 e. The first-order valence-electron chi connectivity index (χ1n) is 4.29. The molecule has 1 saturated heterocycles. The second-order valence-corrected chi connectivity index (χ2v) is 3.36. The standard InChI is InChI=1S/C8H12F3NO2/c1-14-7(13)6-2-3-12(4-6)5-8(9,10)11/h6H,2-5H2,1H3/t6-/m1/s1. The molecule has 1 atom stereocenters. The summed E-state index contributed by atoms with van der Waals surface area (Å²) in [5, 5.41) is 0. The van der Waals surface area contributed by atoms with E-state index in [-0.39, 0.29) is 6.54 Å². The highest BCUT2D eigenvalue weighted by atomic mass is 19.4. The number of alkyl halides is 3. The molecule has 1 heterocycles. The van der Waals surface area contributed by atoms with Crippen LogP contribution >= 0.6 is 0 Å². The first-order valence-corrected chi connectivity index (χ1v) is 4.29. The molecule has 0 radical (unpaired) electrons. The number of nitrogens with zero attached hydrogens (tertiary/aromatic N) is 1. The number of likely N-dealkylation sites (tertiary alicyclic amines) is 1. The number of esters is 1. The fraction of sp³-hybridized carbons (Fsp3) is 0.875. The van der Waals surface area contributed by atoms with E-state index < -0.39 is 24.6 Å². The third kappa shape index (κ3) is 3.17. The first-order chi connectivity index (χ1) is 6.42. The second kappa shape index (κ2) is 4.16. The van der Waals surface area contributed by atoms with Crippen molar-refractivity contribution >= 4 is 5.97 Å². The molecule has 1 rings (SSSR count). The van der Waals surface area contributed by atoms with Gasteiger partial charge in [0, 0.05) is 6.54 Å². The summed E-state index contributed by atoms with van der Waals surface area (Å²) in [6.07, 6.45) is -3.74. The van der Waals surface area contributed by atoms with Crippen LogP contribution in [0.4, 0.5) is 13.2 Å². The SMILES string of the molecule is COC(=O)[C@@H]1CCN(CC(F)(F)F)C1. The summed E-state index contributed by atoms with van der Waals surface area (Å²) in [6, 6.07) is 0. The van der Waals surface area contributed by atoms with Gasteiger partial charge in [-0.15, -0.1) is 0 Å². The quantitative estimate of drug-likeness (QED) is 0.639. The molecule has 0 bridgehead atoms. The predicted octanol–water partition coefficient (Wildman–Crippen LogP) is 1.04. The summed E-state index contributed by atoms with van der Waals surface area (Å²) in [7, 11) is 1.24. The second-order valence-electron chi connectivity index (χ2n) is 3.36. The number of ether oxygens (including phenoxy) is 1. The lowest BCUT2D eigenvalue weighted by Crippen LogP contribution is -2.33. The van der Waals surface area contributed by atoms with Crippen molar-refractivity contribution in [2.45, 2.75) is 12.6 Å². The maximum absolute atomic E-state index is 12.0. The van der Waals surface area contributed by atoms with E-state index in [0.29, 0.717) is 13.0 Å². The van der Waals surface area contributed by atoms with Gasteiger partial charge in [-0.05, 0) is 13.0 Å². The maximum atomic E-state index is 12.0. The molecule has 0 unspecified atom stereocenters. The number of rotatable bonds is 2. The Morgan fingerprint density at radius 2 is 2.21 bits per heavy atom. The molecule has 0 aromatic rings. The van der Waals surface area contributed by atoms with Crippen molar-refractivity contribution in [3.63, 3.8) is 0 Å². The molecule has 0 spiro atoms. The van der Waals surface area contributed by atoms with Crippen LogP contribution in [-0.4, -0.2) is 43.8 Å². The maximum Gasteiger partial charge on any atom is 0.401 e. The molecule has 0 amide bonds. The van der Waals surface area contributed by atoms with Gasteiger partial charge in [-0.3, -0.25) is 9.69 Å². The van der Waals surface area contributed by atoms with Crippen LogP contribution in [0, 0.1) is 5.92 Å². The van der Waals surface area contributed by atoms with Gasteiger partial charge in [-0.2, -0.15) is 13.2 Å². The third-order valence-electron chi connectivity index (χ3n) is 2.21. The zero-order chi connectivity index (χ0) is 10.8. The van der Waals surface area contributed by atoms with Gasteiger partial charge in [-0.1, -0.05) is 0 Å². The van der Waals surface area contributed by atoms with Crippen LogP contribution in [0.5, 0.6) is 0 Å². The van der Waals surface area contributed by atoms with Crippen LogP contribution in [0.3, 0.4) is 0 Å². The zero-order valence-corrected chi connectivity index (χ0v) is 7.80. The van der Waals surface area contributed by atoms with E-state index in [1.165, 1.54) is 12.0 Å². The molecular weight excluding hydrogens is 199 g/mol. The van der Waals surface area contributed by atoms with Crippen LogP contribution in [0.15, 0.2) is 0 Å². The third-order valence-corrected chi connectivity index (χ3v) is 2.21. The summed E-state index contributed by atoms with van der Waals surface area (Å²) in [4.78, 5) is 12.2. The largest absolute Gasteiger partial charge is 0.469 e. The van der Waals surface area contributed by atoms with E-state index in [9.17, 15) is 18.0 Å². The number of halogens is 3. The summed E-state index contributed by atoms with van der Waals surface area (Å²) < 4.78 is 40.3. The molecule has 6 heteroatoms. The van der Waals surface area contributed by atoms with Crippen molar-refractivity contribution in [2.24, 2.45) is 5.92 Å². The van der Waals surface area contributed by atoms with Crippen LogP contribution < -0.4 is 0 Å². The minimum absolute atomic E-state index is 0.145. The minimum atomic E-state index is -4.19. The fourth-order valence-electron chi connectivity index (χ4n) is 1.59. The van der Waals surface area contributed by atoms with Gasteiger partial charge in [0.1, 0.15) is 0 Å². The Labute approximate surface area is 79.8 Å². The molecule has 1 aliphatic rings. The van der Waals surface area contributed by atoms with E-state index >= 15 is 0 Å². The Morgan fingerprint density at radius 1 is 1.57 bits per heavy atom. The predicted molar refractivity (Wildman–Crippen MR) is 42.6 cm³/mol. The summed E-state index contributed by atoms with van der Waals surface area (Å²) in [5.41, 5.74) is 0. The highest BCUT2D eigenvalue weighted by Gasteiger charge is 2.36. The van der Waals surface area contributed by atoms with Crippen molar-refractivity contribution in [3.8, 4) is 0 Å². The highest BCUT2D eigenvalue weighted by molar-refractivity contribution is 5.72. The van der Waals surface area contributed by atoms with Gasteiger partial charge in [0.15, 0.2) is 0 Å². The molecule has 0 N–H and O–H groups in total. The molecular formula is C8H12F3NO2. The Balaban J connectivity index is 2.38. The van der Waals surface area contributed by atoms with Gasteiger partial charge in [0.25, 0.3) is 0 Å². The van der Waals surface area contributed by atoms with E-state index in [1.807, 2.05) is 0 Å². The van der Waals surface area contributed by atoms with Crippen molar-refractivity contribution in [3.05, 3.63) is 0 Å². The molecule has 0 aliphatic carbocycles. The molecule has 82 valence electrons. The van der Waals surface area contributed by atoms with Gasteiger partial charge in [-0.25, -0.2) is 0 Å². The number of methoxy groups -OCH3 is 1. The zero-order valence-electron chi connectivity index (χ0n) is 7.80. The van der Waals surface area contributed by atoms with Crippen molar-refractivity contribution < 1.29 is 22.7 Å². The molecule has 0 aromatic carbocycles. The smallest absolute Gasteiger partial charge is 0.401 e. The van der Waals surface area contributed by atoms with E-state index in [2.05, 4.69) is 4.74 Å². The van der Waals surface area contributed by atoms with Crippen molar-refractivity contribution in [1.82, 2.24) is 4.90 Å². The Hall–Kier alpha value is -0.780. The topological polar surface area (TPSA) is 29.5 Å². The lowest BCUT2D eigenvalue weighted by Gasteiger charge is -2.17. The lowest BCUT2D eigenvalue weighted by molar-refractivity contribution is -0.149. The number of hydrogen-bond donors (Lipinski definition) is 0. The van der Waals surface area contributed by atoms with Gasteiger partial charge in [0.05, 0.1) is 19.6 Å².